The predicted molar refractivity (Wildman–Crippen MR) is 56.7 cm³/mol. The van der Waals surface area contributed by atoms with Gasteiger partial charge in [-0.3, -0.25) is 9.69 Å². The van der Waals surface area contributed by atoms with Crippen molar-refractivity contribution in [1.29, 1.82) is 0 Å². The van der Waals surface area contributed by atoms with Gasteiger partial charge in [-0.1, -0.05) is 0 Å². The number of nitrogens with one attached hydrogen (secondary N) is 1. The largest absolute Gasteiger partial charge is 0.467 e. The van der Waals surface area contributed by atoms with E-state index in [1.807, 2.05) is 0 Å². The molecule has 1 saturated heterocycles. The first-order valence-electron chi connectivity index (χ1n) is 5.25. The van der Waals surface area contributed by atoms with Crippen molar-refractivity contribution in [2.45, 2.75) is 18.9 Å². The Hall–Kier alpha value is -1.14. The third kappa shape index (κ3) is 3.46. The Labute approximate surface area is 94.6 Å². The summed E-state index contributed by atoms with van der Waals surface area (Å²) in [7, 11) is 1.23. The summed E-state index contributed by atoms with van der Waals surface area (Å²) in [6.45, 7) is 3.00. The van der Waals surface area contributed by atoms with Crippen LogP contribution in [0.25, 0.3) is 0 Å². The first kappa shape index (κ1) is 12.9. The minimum Gasteiger partial charge on any atom is -0.467 e. The van der Waals surface area contributed by atoms with Crippen molar-refractivity contribution in [3.05, 3.63) is 0 Å². The molecule has 1 fully saturated rings. The molecule has 92 valence electrons. The molecule has 16 heavy (non-hydrogen) atoms. The van der Waals surface area contributed by atoms with E-state index >= 15 is 0 Å². The first-order chi connectivity index (χ1) is 7.45. The van der Waals surface area contributed by atoms with Crippen molar-refractivity contribution in [2.24, 2.45) is 0 Å². The molecule has 0 radical (unpaired) electrons. The van der Waals surface area contributed by atoms with E-state index < -0.39 is 11.6 Å². The highest BCUT2D eigenvalue weighted by Crippen LogP contribution is 2.10. The van der Waals surface area contributed by atoms with Crippen LogP contribution >= 0.6 is 0 Å². The third-order valence-corrected chi connectivity index (χ3v) is 2.50. The van der Waals surface area contributed by atoms with Crippen molar-refractivity contribution in [1.82, 2.24) is 10.2 Å². The summed E-state index contributed by atoms with van der Waals surface area (Å²) in [5, 5.41) is 12.6. The lowest BCUT2D eigenvalue weighted by Gasteiger charge is -2.27. The molecule has 0 aromatic rings. The van der Waals surface area contributed by atoms with Gasteiger partial charge in [0.05, 0.1) is 13.7 Å². The van der Waals surface area contributed by atoms with Crippen LogP contribution in [0.5, 0.6) is 0 Å². The Bertz CT molecular complexity index is 278. The van der Waals surface area contributed by atoms with Crippen LogP contribution in [0.15, 0.2) is 0 Å². The number of hydrogen-bond acceptors (Lipinski definition) is 5. The number of nitrogens with zero attached hydrogens (tertiary/aromatic N) is 1. The van der Waals surface area contributed by atoms with Gasteiger partial charge in [-0.05, 0) is 13.3 Å². The van der Waals surface area contributed by atoms with Gasteiger partial charge < -0.3 is 15.2 Å². The lowest BCUT2D eigenvalue weighted by atomic mass is 10.1. The summed E-state index contributed by atoms with van der Waals surface area (Å²) in [6, 6.07) is 0. The van der Waals surface area contributed by atoms with E-state index in [4.69, 9.17) is 0 Å². The van der Waals surface area contributed by atoms with E-state index in [2.05, 4.69) is 10.1 Å². The standard InChI is InChI=1S/C10H18N2O4/c1-10(15,9(14)16-2)7-12-5-3-4-11-8(13)6-12/h15H,3-7H2,1-2H3,(H,11,13). The predicted octanol–water partition coefficient (Wildman–Crippen LogP) is -1.27. The van der Waals surface area contributed by atoms with Gasteiger partial charge in [-0.2, -0.15) is 0 Å². The van der Waals surface area contributed by atoms with E-state index in [9.17, 15) is 14.7 Å². The monoisotopic (exact) mass is 230 g/mol. The Morgan fingerprint density at radius 3 is 3.00 bits per heavy atom. The van der Waals surface area contributed by atoms with Crippen LogP contribution in [0.1, 0.15) is 13.3 Å². The summed E-state index contributed by atoms with van der Waals surface area (Å²) < 4.78 is 4.50. The molecule has 1 heterocycles. The van der Waals surface area contributed by atoms with E-state index in [0.717, 1.165) is 6.42 Å². The molecule has 0 saturated carbocycles. The van der Waals surface area contributed by atoms with Gasteiger partial charge in [-0.15, -0.1) is 0 Å². The number of rotatable bonds is 3. The van der Waals surface area contributed by atoms with Crippen molar-refractivity contribution in [3.63, 3.8) is 0 Å². The summed E-state index contributed by atoms with van der Waals surface area (Å²) in [6.07, 6.45) is 0.809. The molecule has 6 heteroatoms. The number of carbonyl (C=O) groups is 2. The minimum atomic E-state index is -1.57. The van der Waals surface area contributed by atoms with Crippen molar-refractivity contribution in [2.75, 3.05) is 33.3 Å². The molecule has 1 amide bonds. The SMILES string of the molecule is COC(=O)C(C)(O)CN1CCCNC(=O)C1. The number of carbonyl (C=O) groups excluding carboxylic acids is 2. The van der Waals surface area contributed by atoms with Gasteiger partial charge in [0.25, 0.3) is 0 Å². The number of esters is 1. The van der Waals surface area contributed by atoms with Crippen LogP contribution in [-0.2, 0) is 14.3 Å². The lowest BCUT2D eigenvalue weighted by Crippen LogP contribution is -2.48. The number of amides is 1. The summed E-state index contributed by atoms with van der Waals surface area (Å²) in [5.41, 5.74) is -1.57. The average Bonchev–Trinajstić information content (AvgIpc) is 2.40. The van der Waals surface area contributed by atoms with E-state index in [1.165, 1.54) is 14.0 Å². The summed E-state index contributed by atoms with van der Waals surface area (Å²) >= 11 is 0. The molecule has 1 aliphatic rings. The van der Waals surface area contributed by atoms with Crippen molar-refractivity contribution < 1.29 is 19.4 Å². The molecule has 1 aliphatic heterocycles. The van der Waals surface area contributed by atoms with E-state index in [1.54, 1.807) is 4.90 Å². The highest BCUT2D eigenvalue weighted by molar-refractivity contribution is 5.80. The molecule has 2 N–H and O–H groups in total. The van der Waals surface area contributed by atoms with Gasteiger partial charge in [0.1, 0.15) is 0 Å². The van der Waals surface area contributed by atoms with Gasteiger partial charge in [0.15, 0.2) is 5.60 Å². The Morgan fingerprint density at radius 1 is 1.69 bits per heavy atom. The van der Waals surface area contributed by atoms with Crippen molar-refractivity contribution in [3.8, 4) is 0 Å². The smallest absolute Gasteiger partial charge is 0.338 e. The first-order valence-corrected chi connectivity index (χ1v) is 5.25. The quantitative estimate of drug-likeness (QED) is 0.591. The molecule has 1 atom stereocenters. The van der Waals surface area contributed by atoms with Crippen LogP contribution in [0.4, 0.5) is 0 Å². The van der Waals surface area contributed by atoms with Gasteiger partial charge >= 0.3 is 5.97 Å². The second-order valence-electron chi connectivity index (χ2n) is 4.18. The second kappa shape index (κ2) is 5.27. The molecule has 0 aliphatic carbocycles. The molecule has 0 bridgehead atoms. The Kier molecular flexibility index (Phi) is 4.26. The fourth-order valence-electron chi connectivity index (χ4n) is 1.72. The molecule has 0 aromatic carbocycles. The van der Waals surface area contributed by atoms with Crippen LogP contribution in [0, 0.1) is 0 Å². The average molecular weight is 230 g/mol. The number of hydrogen-bond donors (Lipinski definition) is 2. The summed E-state index contributed by atoms with van der Waals surface area (Å²) in [5.74, 6) is -0.768. The van der Waals surface area contributed by atoms with Crippen LogP contribution in [0.3, 0.4) is 0 Å². The second-order valence-corrected chi connectivity index (χ2v) is 4.18. The normalized spacial score (nSPS) is 21.8. The van der Waals surface area contributed by atoms with Crippen LogP contribution < -0.4 is 5.32 Å². The van der Waals surface area contributed by atoms with Gasteiger partial charge in [0.2, 0.25) is 5.91 Å². The molecular formula is C10H18N2O4. The van der Waals surface area contributed by atoms with Crippen molar-refractivity contribution >= 4 is 11.9 Å². The topological polar surface area (TPSA) is 78.9 Å². The molecule has 6 nitrogen and oxygen atoms in total. The van der Waals surface area contributed by atoms with Gasteiger partial charge in [0, 0.05) is 19.6 Å². The summed E-state index contributed by atoms with van der Waals surface area (Å²) in [4.78, 5) is 24.3. The number of ether oxygens (including phenoxy) is 1. The zero-order valence-corrected chi connectivity index (χ0v) is 9.65. The maximum absolute atomic E-state index is 11.3. The van der Waals surface area contributed by atoms with E-state index in [0.29, 0.717) is 13.1 Å². The fourth-order valence-corrected chi connectivity index (χ4v) is 1.72. The molecular weight excluding hydrogens is 212 g/mol. The maximum atomic E-state index is 11.3. The van der Waals surface area contributed by atoms with Crippen LogP contribution in [0.2, 0.25) is 0 Å². The number of β-amino-alcohol motifs (C(OH)–C–C–N with tert-alkyl or cyclic N) is 1. The zero-order chi connectivity index (χ0) is 12.2. The highest BCUT2D eigenvalue weighted by Gasteiger charge is 2.34. The number of aliphatic hydroxyl groups is 1. The Morgan fingerprint density at radius 2 is 2.38 bits per heavy atom. The highest BCUT2D eigenvalue weighted by atomic mass is 16.5. The molecule has 0 aromatic heterocycles. The van der Waals surface area contributed by atoms with Gasteiger partial charge in [-0.25, -0.2) is 4.79 Å². The molecule has 0 spiro atoms. The maximum Gasteiger partial charge on any atom is 0.338 e. The minimum absolute atomic E-state index is 0.0850. The fraction of sp³-hybridized carbons (Fsp3) is 0.800. The Balaban J connectivity index is 2.57. The third-order valence-electron chi connectivity index (χ3n) is 2.50. The zero-order valence-electron chi connectivity index (χ0n) is 9.65. The van der Waals surface area contributed by atoms with Crippen LogP contribution in [-0.4, -0.2) is 60.8 Å². The molecule has 1 unspecified atom stereocenters. The van der Waals surface area contributed by atoms with E-state index in [-0.39, 0.29) is 19.0 Å². The molecule has 1 rings (SSSR count). The number of methoxy groups -OCH3 is 1. The lowest BCUT2D eigenvalue weighted by molar-refractivity contribution is -0.162.